The van der Waals surface area contributed by atoms with Gasteiger partial charge in [-0.1, -0.05) is 107 Å². The molecule has 0 fully saturated rings. The van der Waals surface area contributed by atoms with Crippen LogP contribution in [0, 0.1) is 10.8 Å². The van der Waals surface area contributed by atoms with E-state index in [9.17, 15) is 0 Å². The predicted molar refractivity (Wildman–Crippen MR) is 144 cm³/mol. The lowest BCUT2D eigenvalue weighted by Gasteiger charge is -2.34. The Morgan fingerprint density at radius 3 is 1.50 bits per heavy atom. The van der Waals surface area contributed by atoms with Crippen LogP contribution in [-0.4, -0.2) is 0 Å². The highest BCUT2D eigenvalue weighted by Gasteiger charge is 2.29. The number of anilines is 2. The molecule has 1 heteroatoms. The number of nitrogens with one attached hydrogen (secondary N) is 1. The SMILES string of the molecule is CC(C)c1cc(C(C)(C)CC(C)(C)C)ccc1Nc1ccc(C(C)(C)CC(C)(C)C)cc1. The van der Waals surface area contributed by atoms with Gasteiger partial charge in [0.25, 0.3) is 0 Å². The minimum atomic E-state index is 0.153. The fourth-order valence-corrected chi connectivity index (χ4v) is 5.59. The molecule has 178 valence electrons. The number of hydrogen-bond donors (Lipinski definition) is 1. The molecule has 0 aliphatic carbocycles. The molecule has 1 nitrogen and oxygen atoms in total. The second-order valence-corrected chi connectivity index (χ2v) is 13.9. The van der Waals surface area contributed by atoms with E-state index in [0.29, 0.717) is 16.7 Å². The minimum Gasteiger partial charge on any atom is -0.355 e. The molecular weight excluding hydrogens is 386 g/mol. The lowest BCUT2D eigenvalue weighted by molar-refractivity contribution is 0.283. The number of hydrogen-bond acceptors (Lipinski definition) is 1. The van der Waals surface area contributed by atoms with Crippen LogP contribution in [0.3, 0.4) is 0 Å². The zero-order valence-electron chi connectivity index (χ0n) is 23.0. The van der Waals surface area contributed by atoms with Crippen LogP contribution in [0.25, 0.3) is 0 Å². The van der Waals surface area contributed by atoms with Crippen molar-refractivity contribution in [3.8, 4) is 0 Å². The van der Waals surface area contributed by atoms with E-state index in [4.69, 9.17) is 0 Å². The van der Waals surface area contributed by atoms with Gasteiger partial charge in [-0.15, -0.1) is 0 Å². The van der Waals surface area contributed by atoms with Crippen LogP contribution in [0.4, 0.5) is 11.4 Å². The maximum Gasteiger partial charge on any atom is 0.0419 e. The summed E-state index contributed by atoms with van der Waals surface area (Å²) < 4.78 is 0. The Bertz CT molecular complexity index is 884. The lowest BCUT2D eigenvalue weighted by Crippen LogP contribution is -2.25. The van der Waals surface area contributed by atoms with Crippen molar-refractivity contribution in [1.82, 2.24) is 0 Å². The molecule has 0 heterocycles. The van der Waals surface area contributed by atoms with Gasteiger partial charge in [-0.05, 0) is 75.3 Å². The molecule has 2 aromatic rings. The third kappa shape index (κ3) is 7.39. The van der Waals surface area contributed by atoms with E-state index in [0.717, 1.165) is 18.5 Å². The maximum absolute atomic E-state index is 3.71. The van der Waals surface area contributed by atoms with Crippen molar-refractivity contribution >= 4 is 11.4 Å². The maximum atomic E-state index is 3.71. The molecule has 0 aromatic heterocycles. The smallest absolute Gasteiger partial charge is 0.0419 e. The molecule has 0 radical (unpaired) electrons. The highest BCUT2D eigenvalue weighted by molar-refractivity contribution is 5.65. The summed E-state index contributed by atoms with van der Waals surface area (Å²) in [5.74, 6) is 0.466. The van der Waals surface area contributed by atoms with Gasteiger partial charge in [-0.3, -0.25) is 0 Å². The van der Waals surface area contributed by atoms with E-state index < -0.39 is 0 Å². The van der Waals surface area contributed by atoms with E-state index in [2.05, 4.69) is 131 Å². The van der Waals surface area contributed by atoms with E-state index in [1.54, 1.807) is 0 Å². The molecule has 0 saturated heterocycles. The van der Waals surface area contributed by atoms with Crippen molar-refractivity contribution in [2.24, 2.45) is 10.8 Å². The number of benzene rings is 2. The van der Waals surface area contributed by atoms with Gasteiger partial charge >= 0.3 is 0 Å². The molecule has 0 aliphatic rings. The summed E-state index contributed by atoms with van der Waals surface area (Å²) in [6.45, 7) is 28.0. The molecule has 1 N–H and O–H groups in total. The summed E-state index contributed by atoms with van der Waals surface area (Å²) in [5, 5.41) is 3.71. The van der Waals surface area contributed by atoms with E-state index >= 15 is 0 Å². The quantitative estimate of drug-likeness (QED) is 0.456. The molecule has 0 aliphatic heterocycles. The Balaban J connectivity index is 2.29. The van der Waals surface area contributed by atoms with E-state index in [-0.39, 0.29) is 10.8 Å². The van der Waals surface area contributed by atoms with Gasteiger partial charge in [-0.25, -0.2) is 0 Å². The summed E-state index contributed by atoms with van der Waals surface area (Å²) in [4.78, 5) is 0. The largest absolute Gasteiger partial charge is 0.355 e. The Hall–Kier alpha value is -1.76. The van der Waals surface area contributed by atoms with Crippen LogP contribution in [0.15, 0.2) is 42.5 Å². The van der Waals surface area contributed by atoms with Crippen molar-refractivity contribution in [3.05, 3.63) is 59.2 Å². The molecule has 32 heavy (non-hydrogen) atoms. The van der Waals surface area contributed by atoms with Gasteiger partial charge < -0.3 is 5.32 Å². The van der Waals surface area contributed by atoms with Crippen molar-refractivity contribution in [2.75, 3.05) is 5.32 Å². The molecule has 2 aromatic carbocycles. The van der Waals surface area contributed by atoms with Crippen LogP contribution < -0.4 is 5.32 Å². The lowest BCUT2D eigenvalue weighted by atomic mass is 9.72. The topological polar surface area (TPSA) is 12.0 Å². The van der Waals surface area contributed by atoms with Gasteiger partial charge in [0, 0.05) is 11.4 Å². The number of rotatable bonds is 7. The standard InChI is InChI=1S/C31H49N/c1-22(2)26-19-24(31(11,12)21-29(6,7)8)15-18-27(26)32-25-16-13-23(14-17-25)30(9,10)20-28(3,4)5/h13-19,22,32H,20-21H2,1-12H3. The van der Waals surface area contributed by atoms with Gasteiger partial charge in [0.15, 0.2) is 0 Å². The highest BCUT2D eigenvalue weighted by atomic mass is 14.9. The molecule has 0 spiro atoms. The summed E-state index contributed by atoms with van der Waals surface area (Å²) >= 11 is 0. The third-order valence-corrected chi connectivity index (χ3v) is 6.34. The van der Waals surface area contributed by atoms with E-state index in [1.807, 2.05) is 0 Å². The van der Waals surface area contributed by atoms with E-state index in [1.165, 1.54) is 22.4 Å². The average Bonchev–Trinajstić information content (AvgIpc) is 2.58. The summed E-state index contributed by atoms with van der Waals surface area (Å²) in [6, 6.07) is 16.1. The van der Waals surface area contributed by atoms with Crippen molar-refractivity contribution in [1.29, 1.82) is 0 Å². The Morgan fingerprint density at radius 1 is 0.625 bits per heavy atom. The second-order valence-electron chi connectivity index (χ2n) is 13.9. The summed E-state index contributed by atoms with van der Waals surface area (Å²) in [5.41, 5.74) is 7.54. The zero-order chi connectivity index (χ0) is 24.5. The monoisotopic (exact) mass is 435 g/mol. The molecule has 0 atom stereocenters. The van der Waals surface area contributed by atoms with Crippen LogP contribution in [0.5, 0.6) is 0 Å². The van der Waals surface area contributed by atoms with Gasteiger partial charge in [0.05, 0.1) is 0 Å². The first-order chi connectivity index (χ1) is 14.4. The van der Waals surface area contributed by atoms with Crippen LogP contribution in [0.2, 0.25) is 0 Å². The molecule has 2 rings (SSSR count). The fourth-order valence-electron chi connectivity index (χ4n) is 5.59. The molecule has 0 bridgehead atoms. The van der Waals surface area contributed by atoms with Crippen molar-refractivity contribution in [3.63, 3.8) is 0 Å². The third-order valence-electron chi connectivity index (χ3n) is 6.34. The first-order valence-corrected chi connectivity index (χ1v) is 12.4. The first kappa shape index (κ1) is 26.5. The highest BCUT2D eigenvalue weighted by Crippen LogP contribution is 2.40. The van der Waals surface area contributed by atoms with Crippen LogP contribution >= 0.6 is 0 Å². The van der Waals surface area contributed by atoms with Crippen LogP contribution in [0.1, 0.15) is 119 Å². The molecular formula is C31H49N. The summed E-state index contributed by atoms with van der Waals surface area (Å²) in [7, 11) is 0. The fraction of sp³-hybridized carbons (Fsp3) is 0.613. The van der Waals surface area contributed by atoms with Gasteiger partial charge in [-0.2, -0.15) is 0 Å². The normalized spacial score (nSPS) is 13.5. The Morgan fingerprint density at radius 2 is 1.06 bits per heavy atom. The Labute approximate surface area is 199 Å². The van der Waals surface area contributed by atoms with Gasteiger partial charge in [0.2, 0.25) is 0 Å². The van der Waals surface area contributed by atoms with Crippen LogP contribution in [-0.2, 0) is 10.8 Å². The molecule has 0 amide bonds. The first-order valence-electron chi connectivity index (χ1n) is 12.4. The summed E-state index contributed by atoms with van der Waals surface area (Å²) in [6.07, 6.45) is 2.33. The van der Waals surface area contributed by atoms with Crippen molar-refractivity contribution < 1.29 is 0 Å². The predicted octanol–water partition coefficient (Wildman–Crippen LogP) is 9.98. The van der Waals surface area contributed by atoms with Crippen molar-refractivity contribution in [2.45, 2.75) is 113 Å². The minimum absolute atomic E-state index is 0.153. The van der Waals surface area contributed by atoms with Gasteiger partial charge in [0.1, 0.15) is 0 Å². The molecule has 0 unspecified atom stereocenters. The molecule has 0 saturated carbocycles. The second kappa shape index (κ2) is 9.24. The average molecular weight is 436 g/mol. The Kier molecular flexibility index (Phi) is 7.65. The zero-order valence-corrected chi connectivity index (χ0v) is 23.0.